The molecule has 0 bridgehead atoms. The molecule has 0 unspecified atom stereocenters. The quantitative estimate of drug-likeness (QED) is 0.447. The highest BCUT2D eigenvalue weighted by molar-refractivity contribution is 6.42. The van der Waals surface area contributed by atoms with E-state index in [-0.39, 0.29) is 5.56 Å². The van der Waals surface area contributed by atoms with Gasteiger partial charge in [-0.2, -0.15) is 0 Å². The molecule has 2 aromatic carbocycles. The molecule has 4 aromatic rings. The molecule has 2 heterocycles. The summed E-state index contributed by atoms with van der Waals surface area (Å²) in [7, 11) is 0. The smallest absolute Gasteiger partial charge is 0.256 e. The molecule has 0 aliphatic carbocycles. The third-order valence-electron chi connectivity index (χ3n) is 4.36. The predicted octanol–water partition coefficient (Wildman–Crippen LogP) is 6.01. The number of hydrogen-bond acceptors (Lipinski definition) is 2. The largest absolute Gasteiger partial charge is 0.306 e. The van der Waals surface area contributed by atoms with Gasteiger partial charge in [0, 0.05) is 17.3 Å². The first-order valence-corrected chi connectivity index (χ1v) is 9.19. The molecule has 1 N–H and O–H groups in total. The average Bonchev–Trinajstić information content (AvgIpc) is 3.04. The van der Waals surface area contributed by atoms with Gasteiger partial charge in [0.1, 0.15) is 23.0 Å². The maximum absolute atomic E-state index is 13.5. The van der Waals surface area contributed by atoms with Gasteiger partial charge in [0.25, 0.3) is 5.91 Å². The Bertz CT molecular complexity index is 1220. The van der Waals surface area contributed by atoms with Crippen molar-refractivity contribution in [1.82, 2.24) is 9.38 Å². The molecular formula is C21H14Cl2FN3O. The van der Waals surface area contributed by atoms with Crippen LogP contribution in [0.2, 0.25) is 10.0 Å². The van der Waals surface area contributed by atoms with Gasteiger partial charge in [-0.15, -0.1) is 0 Å². The molecule has 0 fully saturated rings. The van der Waals surface area contributed by atoms with Crippen molar-refractivity contribution in [3.05, 3.63) is 87.8 Å². The van der Waals surface area contributed by atoms with E-state index in [2.05, 4.69) is 10.3 Å². The standard InChI is InChI=1S/C21H14Cl2FN3O/c1-12-4-3-9-27-19(12)25-18(13-7-8-16(22)17(23)11-13)20(27)26-21(28)14-5-2-6-15(24)10-14/h2-11H,1H3,(H,26,28). The zero-order valence-corrected chi connectivity index (χ0v) is 16.2. The van der Waals surface area contributed by atoms with Crippen LogP contribution in [-0.4, -0.2) is 15.3 Å². The second-order valence-corrected chi connectivity index (χ2v) is 7.10. The van der Waals surface area contributed by atoms with Gasteiger partial charge in [0.15, 0.2) is 0 Å². The zero-order valence-electron chi connectivity index (χ0n) is 14.7. The lowest BCUT2D eigenvalue weighted by Gasteiger charge is -2.09. The van der Waals surface area contributed by atoms with Crippen molar-refractivity contribution in [3.63, 3.8) is 0 Å². The fourth-order valence-corrected chi connectivity index (χ4v) is 3.28. The molecule has 7 heteroatoms. The Hall–Kier alpha value is -2.89. The van der Waals surface area contributed by atoms with Gasteiger partial charge in [0.2, 0.25) is 0 Å². The summed E-state index contributed by atoms with van der Waals surface area (Å²) >= 11 is 12.2. The first kappa shape index (κ1) is 18.5. The number of aromatic nitrogens is 2. The van der Waals surface area contributed by atoms with Crippen LogP contribution in [0.15, 0.2) is 60.8 Å². The molecule has 0 aliphatic rings. The van der Waals surface area contributed by atoms with Crippen molar-refractivity contribution >= 4 is 40.6 Å². The van der Waals surface area contributed by atoms with Gasteiger partial charge >= 0.3 is 0 Å². The van der Waals surface area contributed by atoms with Gasteiger partial charge in [0.05, 0.1) is 10.0 Å². The molecule has 1 amide bonds. The number of nitrogens with zero attached hydrogens (tertiary/aromatic N) is 2. The van der Waals surface area contributed by atoms with Crippen LogP contribution in [-0.2, 0) is 0 Å². The molecule has 0 radical (unpaired) electrons. The number of imidazole rings is 1. The van der Waals surface area contributed by atoms with Crippen molar-refractivity contribution in [3.8, 4) is 11.3 Å². The molecule has 0 saturated heterocycles. The number of benzene rings is 2. The van der Waals surface area contributed by atoms with E-state index >= 15 is 0 Å². The van der Waals surface area contributed by atoms with Crippen molar-refractivity contribution in [2.24, 2.45) is 0 Å². The maximum atomic E-state index is 13.5. The number of carbonyl (C=O) groups is 1. The number of anilines is 1. The van der Waals surface area contributed by atoms with E-state index in [4.69, 9.17) is 23.2 Å². The Balaban J connectivity index is 1.87. The molecule has 140 valence electrons. The van der Waals surface area contributed by atoms with Gasteiger partial charge in [-0.25, -0.2) is 9.37 Å². The Kier molecular flexibility index (Phi) is 4.79. The number of aryl methyl sites for hydroxylation is 1. The van der Waals surface area contributed by atoms with Gasteiger partial charge in [-0.3, -0.25) is 9.20 Å². The Morgan fingerprint density at radius 1 is 1.07 bits per heavy atom. The number of halogens is 3. The molecule has 0 atom stereocenters. The highest BCUT2D eigenvalue weighted by Gasteiger charge is 2.19. The van der Waals surface area contributed by atoms with E-state index < -0.39 is 11.7 Å². The van der Waals surface area contributed by atoms with Crippen molar-refractivity contribution in [2.45, 2.75) is 6.92 Å². The molecule has 0 spiro atoms. The summed E-state index contributed by atoms with van der Waals surface area (Å²) in [4.78, 5) is 17.4. The molecule has 0 aliphatic heterocycles. The summed E-state index contributed by atoms with van der Waals surface area (Å²) < 4.78 is 15.3. The predicted molar refractivity (Wildman–Crippen MR) is 110 cm³/mol. The average molecular weight is 414 g/mol. The molecule has 28 heavy (non-hydrogen) atoms. The maximum Gasteiger partial charge on any atom is 0.256 e. The number of pyridine rings is 1. The van der Waals surface area contributed by atoms with Gasteiger partial charge in [-0.1, -0.05) is 41.4 Å². The van der Waals surface area contributed by atoms with Crippen molar-refractivity contribution < 1.29 is 9.18 Å². The first-order chi connectivity index (χ1) is 13.4. The summed E-state index contributed by atoms with van der Waals surface area (Å²) in [6.45, 7) is 1.93. The first-order valence-electron chi connectivity index (χ1n) is 8.44. The molecule has 4 nitrogen and oxygen atoms in total. The number of fused-ring (bicyclic) bond motifs is 1. The molecular weight excluding hydrogens is 400 g/mol. The van der Waals surface area contributed by atoms with Crippen LogP contribution in [0.4, 0.5) is 10.2 Å². The lowest BCUT2D eigenvalue weighted by molar-refractivity contribution is 0.102. The minimum atomic E-state index is -0.480. The van der Waals surface area contributed by atoms with Crippen LogP contribution in [0, 0.1) is 12.7 Å². The lowest BCUT2D eigenvalue weighted by atomic mass is 10.1. The summed E-state index contributed by atoms with van der Waals surface area (Å²) in [6.07, 6.45) is 1.80. The van der Waals surface area contributed by atoms with Crippen LogP contribution in [0.3, 0.4) is 0 Å². The summed E-state index contributed by atoms with van der Waals surface area (Å²) in [5, 5.41) is 3.67. The lowest BCUT2D eigenvalue weighted by Crippen LogP contribution is -2.14. The number of nitrogens with one attached hydrogen (secondary N) is 1. The fourth-order valence-electron chi connectivity index (χ4n) is 2.98. The summed E-state index contributed by atoms with van der Waals surface area (Å²) in [6, 6.07) is 14.4. The van der Waals surface area contributed by atoms with Gasteiger partial charge < -0.3 is 5.32 Å². The van der Waals surface area contributed by atoms with E-state index in [9.17, 15) is 9.18 Å². The van der Waals surface area contributed by atoms with E-state index in [1.54, 1.807) is 34.9 Å². The van der Waals surface area contributed by atoms with Gasteiger partial charge in [-0.05, 0) is 48.9 Å². The Labute approximate surface area is 170 Å². The highest BCUT2D eigenvalue weighted by atomic mass is 35.5. The van der Waals surface area contributed by atoms with E-state index in [1.807, 2.05) is 19.1 Å². The number of carbonyl (C=O) groups excluding carboxylic acids is 1. The van der Waals surface area contributed by atoms with E-state index in [0.29, 0.717) is 32.8 Å². The van der Waals surface area contributed by atoms with Crippen LogP contribution in [0.25, 0.3) is 16.9 Å². The monoisotopic (exact) mass is 413 g/mol. The van der Waals surface area contributed by atoms with E-state index in [1.165, 1.54) is 18.2 Å². The number of amides is 1. The molecule has 0 saturated carbocycles. The minimum absolute atomic E-state index is 0.211. The number of hydrogen-bond donors (Lipinski definition) is 1. The Morgan fingerprint density at radius 2 is 1.89 bits per heavy atom. The summed E-state index contributed by atoms with van der Waals surface area (Å²) in [5.74, 6) is -0.457. The highest BCUT2D eigenvalue weighted by Crippen LogP contribution is 2.34. The van der Waals surface area contributed by atoms with Crippen molar-refractivity contribution in [1.29, 1.82) is 0 Å². The van der Waals surface area contributed by atoms with Crippen LogP contribution < -0.4 is 5.32 Å². The zero-order chi connectivity index (χ0) is 19.8. The molecule has 2 aromatic heterocycles. The number of rotatable bonds is 3. The second-order valence-electron chi connectivity index (χ2n) is 6.29. The van der Waals surface area contributed by atoms with Crippen LogP contribution in [0.5, 0.6) is 0 Å². The third-order valence-corrected chi connectivity index (χ3v) is 5.10. The van der Waals surface area contributed by atoms with Crippen LogP contribution in [0.1, 0.15) is 15.9 Å². The fraction of sp³-hybridized carbons (Fsp3) is 0.0476. The SMILES string of the molecule is Cc1cccn2c(NC(=O)c3cccc(F)c3)c(-c3ccc(Cl)c(Cl)c3)nc12. The van der Waals surface area contributed by atoms with Crippen LogP contribution >= 0.6 is 23.2 Å². The Morgan fingerprint density at radius 3 is 2.64 bits per heavy atom. The molecule has 4 rings (SSSR count). The normalized spacial score (nSPS) is 11.0. The minimum Gasteiger partial charge on any atom is -0.306 e. The third kappa shape index (κ3) is 3.35. The van der Waals surface area contributed by atoms with Crippen molar-refractivity contribution in [2.75, 3.05) is 5.32 Å². The van der Waals surface area contributed by atoms with E-state index in [0.717, 1.165) is 5.56 Å². The second kappa shape index (κ2) is 7.26. The topological polar surface area (TPSA) is 46.4 Å². The summed E-state index contributed by atoms with van der Waals surface area (Å²) in [5.41, 5.74) is 3.08.